The predicted octanol–water partition coefficient (Wildman–Crippen LogP) is 0.739. The van der Waals surface area contributed by atoms with Crippen LogP contribution < -0.4 is 10.6 Å². The molecular weight excluding hydrogens is 262 g/mol. The minimum atomic E-state index is -1.02. The van der Waals surface area contributed by atoms with Crippen LogP contribution in [0.1, 0.15) is 16.8 Å². The number of urea groups is 1. The molecule has 1 aromatic rings. The minimum Gasteiger partial charge on any atom is -0.478 e. The van der Waals surface area contributed by atoms with Crippen LogP contribution in [0.25, 0.3) is 0 Å². The Morgan fingerprint density at radius 2 is 1.95 bits per heavy atom. The van der Waals surface area contributed by atoms with Crippen molar-refractivity contribution in [3.63, 3.8) is 0 Å². The summed E-state index contributed by atoms with van der Waals surface area (Å²) in [7, 11) is 0. The Morgan fingerprint density at radius 3 is 2.60 bits per heavy atom. The molecule has 0 saturated carbocycles. The maximum Gasteiger partial charge on any atom is 0.335 e. The van der Waals surface area contributed by atoms with Gasteiger partial charge in [-0.1, -0.05) is 0 Å². The third-order valence-corrected chi connectivity index (χ3v) is 2.93. The molecule has 1 saturated heterocycles. The van der Waals surface area contributed by atoms with Crippen molar-refractivity contribution in [2.45, 2.75) is 6.42 Å². The Bertz CT molecular complexity index is 527. The molecule has 0 spiro atoms. The number of carboxylic acid groups (broad SMARTS) is 1. The van der Waals surface area contributed by atoms with Crippen LogP contribution in [0.2, 0.25) is 0 Å². The molecule has 0 bridgehead atoms. The van der Waals surface area contributed by atoms with Gasteiger partial charge in [-0.3, -0.25) is 4.79 Å². The Kier molecular flexibility index (Phi) is 4.19. The maximum absolute atomic E-state index is 12.0. The van der Waals surface area contributed by atoms with Gasteiger partial charge in [-0.15, -0.1) is 0 Å². The van der Waals surface area contributed by atoms with Gasteiger partial charge >= 0.3 is 12.0 Å². The molecule has 1 aromatic carbocycles. The van der Waals surface area contributed by atoms with Gasteiger partial charge in [-0.2, -0.15) is 0 Å². The second kappa shape index (κ2) is 6.05. The van der Waals surface area contributed by atoms with Crippen LogP contribution in [-0.2, 0) is 4.79 Å². The highest BCUT2D eigenvalue weighted by Crippen LogP contribution is 2.11. The Hall–Kier alpha value is -2.57. The first-order chi connectivity index (χ1) is 9.56. The second-order valence-corrected chi connectivity index (χ2v) is 4.44. The summed E-state index contributed by atoms with van der Waals surface area (Å²) in [4.78, 5) is 35.5. The zero-order valence-corrected chi connectivity index (χ0v) is 10.8. The molecule has 3 amide bonds. The van der Waals surface area contributed by atoms with Crippen molar-refractivity contribution in [3.05, 3.63) is 29.8 Å². The molecule has 0 aromatic heterocycles. The predicted molar refractivity (Wildman–Crippen MR) is 71.6 cm³/mol. The highest BCUT2D eigenvalue weighted by Gasteiger charge is 2.19. The third kappa shape index (κ3) is 3.47. The molecule has 7 heteroatoms. The largest absolute Gasteiger partial charge is 0.478 e. The van der Waals surface area contributed by atoms with Crippen LogP contribution in [0.3, 0.4) is 0 Å². The summed E-state index contributed by atoms with van der Waals surface area (Å²) in [6, 6.07) is 5.48. The van der Waals surface area contributed by atoms with Crippen molar-refractivity contribution in [1.29, 1.82) is 0 Å². The van der Waals surface area contributed by atoms with E-state index in [1.165, 1.54) is 29.2 Å². The standard InChI is InChI=1S/C13H15N3O4/c17-11-8-16(7-1-6-14-11)13(20)15-10-4-2-9(3-5-10)12(18)19/h2-5H,1,6-8H2,(H,14,17)(H,15,20)(H,18,19). The number of carboxylic acids is 1. The molecule has 3 N–H and O–H groups in total. The van der Waals surface area contributed by atoms with E-state index in [0.717, 1.165) is 0 Å². The van der Waals surface area contributed by atoms with Gasteiger partial charge in [-0.25, -0.2) is 9.59 Å². The molecule has 0 unspecified atom stereocenters. The van der Waals surface area contributed by atoms with E-state index >= 15 is 0 Å². The van der Waals surface area contributed by atoms with E-state index in [1.807, 2.05) is 0 Å². The van der Waals surface area contributed by atoms with Crippen molar-refractivity contribution in [1.82, 2.24) is 10.2 Å². The molecule has 0 aliphatic carbocycles. The van der Waals surface area contributed by atoms with Gasteiger partial charge in [0.15, 0.2) is 0 Å². The van der Waals surface area contributed by atoms with Crippen LogP contribution in [0.4, 0.5) is 10.5 Å². The molecule has 2 rings (SSSR count). The number of carbonyl (C=O) groups excluding carboxylic acids is 2. The smallest absolute Gasteiger partial charge is 0.335 e. The number of hydrogen-bond acceptors (Lipinski definition) is 3. The van der Waals surface area contributed by atoms with Gasteiger partial charge in [0.25, 0.3) is 0 Å². The zero-order chi connectivity index (χ0) is 14.5. The van der Waals surface area contributed by atoms with E-state index in [9.17, 15) is 14.4 Å². The Balaban J connectivity index is 1.99. The van der Waals surface area contributed by atoms with Crippen molar-refractivity contribution in [3.8, 4) is 0 Å². The highest BCUT2D eigenvalue weighted by molar-refractivity contribution is 5.93. The Labute approximate surface area is 115 Å². The summed E-state index contributed by atoms with van der Waals surface area (Å²) in [6.07, 6.45) is 0.705. The van der Waals surface area contributed by atoms with Gasteiger partial charge in [0.2, 0.25) is 5.91 Å². The molecule has 1 aliphatic heterocycles. The van der Waals surface area contributed by atoms with Crippen molar-refractivity contribution in [2.24, 2.45) is 0 Å². The number of nitrogens with one attached hydrogen (secondary N) is 2. The second-order valence-electron chi connectivity index (χ2n) is 4.44. The average Bonchev–Trinajstić information content (AvgIpc) is 2.64. The van der Waals surface area contributed by atoms with Crippen molar-refractivity contribution < 1.29 is 19.5 Å². The number of hydrogen-bond donors (Lipinski definition) is 3. The van der Waals surface area contributed by atoms with Gasteiger partial charge < -0.3 is 20.6 Å². The van der Waals surface area contributed by atoms with E-state index < -0.39 is 5.97 Å². The number of rotatable bonds is 2. The molecule has 0 radical (unpaired) electrons. The summed E-state index contributed by atoms with van der Waals surface area (Å²) in [6.45, 7) is 1.09. The van der Waals surface area contributed by atoms with Crippen LogP contribution in [0.15, 0.2) is 24.3 Å². The first-order valence-electron chi connectivity index (χ1n) is 6.22. The fourth-order valence-electron chi connectivity index (χ4n) is 1.88. The molecule has 1 aliphatic rings. The SMILES string of the molecule is O=C1CN(C(=O)Nc2ccc(C(=O)O)cc2)CCCN1. The zero-order valence-electron chi connectivity index (χ0n) is 10.8. The first-order valence-corrected chi connectivity index (χ1v) is 6.22. The quantitative estimate of drug-likeness (QED) is 0.742. The number of carbonyl (C=O) groups is 3. The van der Waals surface area contributed by atoms with Gasteiger partial charge in [0, 0.05) is 18.8 Å². The van der Waals surface area contributed by atoms with Crippen molar-refractivity contribution >= 4 is 23.6 Å². The summed E-state index contributed by atoms with van der Waals surface area (Å²) in [5.74, 6) is -1.20. The summed E-state index contributed by atoms with van der Waals surface area (Å²) >= 11 is 0. The van der Waals surface area contributed by atoms with Gasteiger partial charge in [0.1, 0.15) is 6.54 Å². The third-order valence-electron chi connectivity index (χ3n) is 2.93. The van der Waals surface area contributed by atoms with Crippen LogP contribution >= 0.6 is 0 Å². The number of benzene rings is 1. The van der Waals surface area contributed by atoms with Crippen LogP contribution in [0.5, 0.6) is 0 Å². The molecule has 7 nitrogen and oxygen atoms in total. The fraction of sp³-hybridized carbons (Fsp3) is 0.308. The lowest BCUT2D eigenvalue weighted by Gasteiger charge is -2.19. The average molecular weight is 277 g/mol. The number of anilines is 1. The lowest BCUT2D eigenvalue weighted by atomic mass is 10.2. The van der Waals surface area contributed by atoms with Crippen molar-refractivity contribution in [2.75, 3.05) is 25.0 Å². The lowest BCUT2D eigenvalue weighted by Crippen LogP contribution is -2.39. The van der Waals surface area contributed by atoms with Crippen LogP contribution in [-0.4, -0.2) is 47.5 Å². The summed E-state index contributed by atoms with van der Waals surface area (Å²) in [5.41, 5.74) is 0.641. The fourth-order valence-corrected chi connectivity index (χ4v) is 1.88. The van der Waals surface area contributed by atoms with E-state index in [2.05, 4.69) is 10.6 Å². The van der Waals surface area contributed by atoms with Crippen LogP contribution in [0, 0.1) is 0 Å². The van der Waals surface area contributed by atoms with E-state index in [4.69, 9.17) is 5.11 Å². The monoisotopic (exact) mass is 277 g/mol. The molecule has 1 heterocycles. The van der Waals surface area contributed by atoms with Gasteiger partial charge in [-0.05, 0) is 30.7 Å². The molecule has 1 fully saturated rings. The molecule has 20 heavy (non-hydrogen) atoms. The van der Waals surface area contributed by atoms with E-state index in [1.54, 1.807) is 0 Å². The molecular formula is C13H15N3O4. The lowest BCUT2D eigenvalue weighted by molar-refractivity contribution is -0.120. The first kappa shape index (κ1) is 13.9. The Morgan fingerprint density at radius 1 is 1.25 bits per heavy atom. The normalized spacial score (nSPS) is 15.2. The molecule has 0 atom stereocenters. The number of aromatic carboxylic acids is 1. The van der Waals surface area contributed by atoms with E-state index in [-0.39, 0.29) is 24.0 Å². The highest BCUT2D eigenvalue weighted by atomic mass is 16.4. The topological polar surface area (TPSA) is 98.7 Å². The molecule has 106 valence electrons. The maximum atomic E-state index is 12.0. The van der Waals surface area contributed by atoms with Gasteiger partial charge in [0.05, 0.1) is 5.56 Å². The minimum absolute atomic E-state index is 0.0268. The summed E-state index contributed by atoms with van der Waals surface area (Å²) in [5, 5.41) is 14.1. The number of amides is 3. The summed E-state index contributed by atoms with van der Waals surface area (Å²) < 4.78 is 0. The van der Waals surface area contributed by atoms with E-state index in [0.29, 0.717) is 25.2 Å². The number of nitrogens with zero attached hydrogens (tertiary/aromatic N) is 1.